The Labute approximate surface area is 186 Å². The third-order valence-corrected chi connectivity index (χ3v) is 6.61. The van der Waals surface area contributed by atoms with Crippen molar-refractivity contribution in [1.29, 1.82) is 0 Å². The van der Waals surface area contributed by atoms with Gasteiger partial charge in [-0.05, 0) is 61.4 Å². The zero-order valence-electron chi connectivity index (χ0n) is 16.4. The highest BCUT2D eigenvalue weighted by molar-refractivity contribution is 7.92. The van der Waals surface area contributed by atoms with Gasteiger partial charge in [0.1, 0.15) is 6.54 Å². The molecule has 1 N–H and O–H groups in total. The smallest absolute Gasteiger partial charge is 0.264 e. The molecule has 0 aromatic heterocycles. The highest BCUT2D eigenvalue weighted by atomic mass is 35.5. The SMILES string of the molecule is Cc1ccc(C)c(N(CC(=O)Nc2cc(Cl)cc(Cl)c2)S(=O)(=O)c2ccccc2)c1. The van der Waals surface area contributed by atoms with Gasteiger partial charge in [0.05, 0.1) is 10.6 Å². The van der Waals surface area contributed by atoms with Gasteiger partial charge in [-0.25, -0.2) is 8.42 Å². The topological polar surface area (TPSA) is 66.5 Å². The lowest BCUT2D eigenvalue weighted by molar-refractivity contribution is -0.114. The second-order valence-corrected chi connectivity index (χ2v) is 9.56. The van der Waals surface area contributed by atoms with E-state index in [0.717, 1.165) is 15.4 Å². The summed E-state index contributed by atoms with van der Waals surface area (Å²) in [4.78, 5) is 12.9. The van der Waals surface area contributed by atoms with Crippen LogP contribution in [0.1, 0.15) is 11.1 Å². The van der Waals surface area contributed by atoms with Crippen LogP contribution in [-0.2, 0) is 14.8 Å². The van der Waals surface area contributed by atoms with Crippen LogP contribution in [0.15, 0.2) is 71.6 Å². The number of amides is 1. The summed E-state index contributed by atoms with van der Waals surface area (Å²) in [5.74, 6) is -0.520. The minimum atomic E-state index is -3.98. The maximum atomic E-state index is 13.4. The Hall–Kier alpha value is -2.54. The molecule has 0 saturated carbocycles. The van der Waals surface area contributed by atoms with Gasteiger partial charge in [-0.2, -0.15) is 0 Å². The first-order valence-corrected chi connectivity index (χ1v) is 11.3. The number of rotatable bonds is 6. The molecule has 0 spiro atoms. The average molecular weight is 463 g/mol. The fourth-order valence-corrected chi connectivity index (χ4v) is 4.99. The minimum absolute atomic E-state index is 0.101. The lowest BCUT2D eigenvalue weighted by Crippen LogP contribution is -2.38. The molecular weight excluding hydrogens is 443 g/mol. The van der Waals surface area contributed by atoms with E-state index in [9.17, 15) is 13.2 Å². The van der Waals surface area contributed by atoms with Crippen molar-refractivity contribution in [2.75, 3.05) is 16.2 Å². The number of nitrogens with one attached hydrogen (secondary N) is 1. The molecule has 0 atom stereocenters. The second-order valence-electron chi connectivity index (χ2n) is 6.82. The number of hydrogen-bond acceptors (Lipinski definition) is 3. The Balaban J connectivity index is 1.99. The zero-order chi connectivity index (χ0) is 21.9. The van der Waals surface area contributed by atoms with Gasteiger partial charge < -0.3 is 5.32 Å². The molecule has 1 amide bonds. The molecule has 3 rings (SSSR count). The highest BCUT2D eigenvalue weighted by Crippen LogP contribution is 2.28. The number of benzene rings is 3. The number of sulfonamides is 1. The second kappa shape index (κ2) is 9.08. The molecule has 0 heterocycles. The first-order valence-electron chi connectivity index (χ1n) is 9.08. The van der Waals surface area contributed by atoms with Crippen molar-refractivity contribution in [1.82, 2.24) is 0 Å². The molecule has 0 aliphatic rings. The molecule has 0 saturated heterocycles. The van der Waals surface area contributed by atoms with Gasteiger partial charge in [-0.1, -0.05) is 53.5 Å². The van der Waals surface area contributed by atoms with Crippen LogP contribution in [0.5, 0.6) is 0 Å². The Morgan fingerprint density at radius 1 is 0.933 bits per heavy atom. The molecule has 5 nitrogen and oxygen atoms in total. The van der Waals surface area contributed by atoms with E-state index >= 15 is 0 Å². The Kier molecular flexibility index (Phi) is 6.71. The molecule has 0 bridgehead atoms. The van der Waals surface area contributed by atoms with Crippen LogP contribution in [0.2, 0.25) is 10.0 Å². The Morgan fingerprint density at radius 3 is 2.20 bits per heavy atom. The van der Waals surface area contributed by atoms with Crippen LogP contribution in [0.3, 0.4) is 0 Å². The van der Waals surface area contributed by atoms with Gasteiger partial charge in [0.15, 0.2) is 0 Å². The van der Waals surface area contributed by atoms with E-state index in [1.54, 1.807) is 49.4 Å². The van der Waals surface area contributed by atoms with Crippen LogP contribution in [-0.4, -0.2) is 20.9 Å². The molecule has 0 unspecified atom stereocenters. The summed E-state index contributed by atoms with van der Waals surface area (Å²) < 4.78 is 27.9. The molecule has 156 valence electrons. The lowest BCUT2D eigenvalue weighted by Gasteiger charge is -2.26. The Morgan fingerprint density at radius 2 is 1.57 bits per heavy atom. The molecule has 3 aromatic rings. The number of halogens is 2. The van der Waals surface area contributed by atoms with Gasteiger partial charge >= 0.3 is 0 Å². The van der Waals surface area contributed by atoms with Gasteiger partial charge in [0.2, 0.25) is 5.91 Å². The number of hydrogen-bond donors (Lipinski definition) is 1. The van der Waals surface area contributed by atoms with Crippen molar-refractivity contribution in [3.63, 3.8) is 0 Å². The molecule has 0 fully saturated rings. The number of carbonyl (C=O) groups excluding carboxylic acids is 1. The quantitative estimate of drug-likeness (QED) is 0.529. The largest absolute Gasteiger partial charge is 0.324 e. The van der Waals surface area contributed by atoms with Crippen molar-refractivity contribution in [2.24, 2.45) is 0 Å². The van der Waals surface area contributed by atoms with Crippen LogP contribution in [0.4, 0.5) is 11.4 Å². The molecule has 30 heavy (non-hydrogen) atoms. The summed E-state index contributed by atoms with van der Waals surface area (Å²) in [7, 11) is -3.98. The van der Waals surface area contributed by atoms with Crippen LogP contribution >= 0.6 is 23.2 Å². The average Bonchev–Trinajstić information content (AvgIpc) is 2.68. The Bertz CT molecular complexity index is 1160. The number of carbonyl (C=O) groups is 1. The van der Waals surface area contributed by atoms with E-state index in [2.05, 4.69) is 5.32 Å². The molecule has 0 aliphatic carbocycles. The summed E-state index contributed by atoms with van der Waals surface area (Å²) in [6.45, 7) is 3.26. The fraction of sp³-hybridized carbons (Fsp3) is 0.136. The standard InChI is InChI=1S/C22H20Cl2N2O3S/c1-15-8-9-16(2)21(10-15)26(30(28,29)20-6-4-3-5-7-20)14-22(27)25-19-12-17(23)11-18(24)13-19/h3-13H,14H2,1-2H3,(H,25,27). The summed E-state index contributed by atoms with van der Waals surface area (Å²) in [6, 6.07) is 18.1. The number of nitrogens with zero attached hydrogens (tertiary/aromatic N) is 1. The van der Waals surface area contributed by atoms with Crippen molar-refractivity contribution in [2.45, 2.75) is 18.7 Å². The van der Waals surface area contributed by atoms with E-state index in [1.807, 2.05) is 19.1 Å². The molecule has 3 aromatic carbocycles. The normalized spacial score (nSPS) is 11.2. The molecule has 0 aliphatic heterocycles. The van der Waals surface area contributed by atoms with Crippen LogP contribution < -0.4 is 9.62 Å². The zero-order valence-corrected chi connectivity index (χ0v) is 18.7. The maximum Gasteiger partial charge on any atom is 0.264 e. The van der Waals surface area contributed by atoms with Crippen molar-refractivity contribution in [3.05, 3.63) is 87.9 Å². The van der Waals surface area contributed by atoms with Gasteiger partial charge in [-0.3, -0.25) is 9.10 Å². The van der Waals surface area contributed by atoms with Crippen LogP contribution in [0.25, 0.3) is 0 Å². The predicted octanol–water partition coefficient (Wildman–Crippen LogP) is 5.44. The number of aryl methyl sites for hydroxylation is 2. The van der Waals surface area contributed by atoms with Gasteiger partial charge in [-0.15, -0.1) is 0 Å². The summed E-state index contributed by atoms with van der Waals surface area (Å²) in [6.07, 6.45) is 0. The highest BCUT2D eigenvalue weighted by Gasteiger charge is 2.28. The van der Waals surface area contributed by atoms with E-state index in [-0.39, 0.29) is 4.90 Å². The number of anilines is 2. The lowest BCUT2D eigenvalue weighted by atomic mass is 10.1. The predicted molar refractivity (Wildman–Crippen MR) is 122 cm³/mol. The molecule has 0 radical (unpaired) electrons. The maximum absolute atomic E-state index is 13.4. The third kappa shape index (κ3) is 5.14. The van der Waals surface area contributed by atoms with Gasteiger partial charge in [0, 0.05) is 15.7 Å². The first kappa shape index (κ1) is 22.2. The van der Waals surface area contributed by atoms with Crippen molar-refractivity contribution >= 4 is 50.5 Å². The van der Waals surface area contributed by atoms with Crippen LogP contribution in [0, 0.1) is 13.8 Å². The fourth-order valence-electron chi connectivity index (χ4n) is 2.96. The van der Waals surface area contributed by atoms with E-state index in [4.69, 9.17) is 23.2 Å². The first-order chi connectivity index (χ1) is 14.2. The van der Waals surface area contributed by atoms with Crippen molar-refractivity contribution < 1.29 is 13.2 Å². The van der Waals surface area contributed by atoms with E-state index in [0.29, 0.717) is 21.4 Å². The van der Waals surface area contributed by atoms with Gasteiger partial charge in [0.25, 0.3) is 10.0 Å². The monoisotopic (exact) mass is 462 g/mol. The van der Waals surface area contributed by atoms with E-state index < -0.39 is 22.5 Å². The summed E-state index contributed by atoms with van der Waals surface area (Å²) >= 11 is 12.0. The van der Waals surface area contributed by atoms with Crippen molar-refractivity contribution in [3.8, 4) is 0 Å². The molecule has 8 heteroatoms. The summed E-state index contributed by atoms with van der Waals surface area (Å²) in [5, 5.41) is 3.39. The van der Waals surface area contributed by atoms with E-state index in [1.165, 1.54) is 12.1 Å². The summed E-state index contributed by atoms with van der Waals surface area (Å²) in [5.41, 5.74) is 2.44. The minimum Gasteiger partial charge on any atom is -0.324 e. The third-order valence-electron chi connectivity index (χ3n) is 4.40. The molecular formula is C22H20Cl2N2O3S.